The molecule has 200 valence electrons. The van der Waals surface area contributed by atoms with Crippen molar-refractivity contribution in [1.29, 1.82) is 0 Å². The molecule has 0 aliphatic heterocycles. The van der Waals surface area contributed by atoms with Gasteiger partial charge in [0.2, 0.25) is 0 Å². The predicted octanol–water partition coefficient (Wildman–Crippen LogP) is 10.5. The second kappa shape index (κ2) is 45.2. The van der Waals surface area contributed by atoms with Crippen molar-refractivity contribution in [2.75, 3.05) is 0 Å². The third-order valence-electron chi connectivity index (χ3n) is 6.20. The first kappa shape index (κ1) is 46.1. The van der Waals surface area contributed by atoms with Crippen LogP contribution >= 0.6 is 0 Å². The molecular weight excluding hydrogens is 764 g/mol. The molecule has 33 heavy (non-hydrogen) atoms. The van der Waals surface area contributed by atoms with Crippen LogP contribution in [0.4, 0.5) is 0 Å². The summed E-state index contributed by atoms with van der Waals surface area (Å²) in [6.07, 6.45) is 0. The van der Waals surface area contributed by atoms with Crippen LogP contribution in [0, 0.1) is 0 Å². The van der Waals surface area contributed by atoms with E-state index >= 15 is 0 Å². The molecule has 0 atom stereocenters. The van der Waals surface area contributed by atoms with E-state index in [1.165, 1.54) is 63.0 Å². The third kappa shape index (κ3) is 45.5. The molecule has 0 aromatic carbocycles. The first-order valence-corrected chi connectivity index (χ1v) is 37.8. The van der Waals surface area contributed by atoms with Crippen molar-refractivity contribution in [3.05, 3.63) is 0 Å². The maximum atomic E-state index is 5.08. The molecule has 0 spiro atoms. The molecule has 0 fully saturated rings. The molecule has 0 aliphatic carbocycles. The summed E-state index contributed by atoms with van der Waals surface area (Å²) in [5.74, 6) is 4.29. The summed E-state index contributed by atoms with van der Waals surface area (Å²) in [5, 5.41) is 18.2. The van der Waals surface area contributed by atoms with Gasteiger partial charge in [-0.2, -0.15) is 0 Å². The second-order valence-electron chi connectivity index (χ2n) is 7.75. The fourth-order valence-electron chi connectivity index (χ4n) is 3.10. The summed E-state index contributed by atoms with van der Waals surface area (Å²) in [5.41, 5.74) is 0. The van der Waals surface area contributed by atoms with Gasteiger partial charge in [0.05, 0.1) is 0 Å². The summed E-state index contributed by atoms with van der Waals surface area (Å²) >= 11 is -1.49. The molecule has 7 heteroatoms. The van der Waals surface area contributed by atoms with Crippen molar-refractivity contribution in [3.63, 3.8) is 0 Å². The Morgan fingerprint density at radius 3 is 0.455 bits per heavy atom. The Morgan fingerprint density at radius 1 is 0.333 bits per heavy atom. The summed E-state index contributed by atoms with van der Waals surface area (Å²) < 4.78 is 5.08. The van der Waals surface area contributed by atoms with Crippen LogP contribution in [0.1, 0.15) is 83.1 Å². The van der Waals surface area contributed by atoms with E-state index in [-0.39, 0.29) is 31.5 Å². The maximum absolute atomic E-state index is 5.08. The predicted molar refractivity (Wildman–Crippen MR) is 173 cm³/mol. The van der Waals surface area contributed by atoms with E-state index in [4.69, 9.17) is 2.79 Å². The van der Waals surface area contributed by atoms with Gasteiger partial charge in [0.25, 0.3) is 0 Å². The molecule has 0 rings (SSSR count). The fraction of sp³-hybridized carbons (Fsp3) is 1.00. The first-order chi connectivity index (χ1) is 15.8. The average Bonchev–Trinajstić information content (AvgIpc) is 2.86. The van der Waals surface area contributed by atoms with Gasteiger partial charge in [-0.3, -0.25) is 0 Å². The Labute approximate surface area is 246 Å². The molecule has 0 saturated carbocycles. The van der Waals surface area contributed by atoms with Gasteiger partial charge in [0, 0.05) is 0 Å². The van der Waals surface area contributed by atoms with Gasteiger partial charge in [-0.05, 0) is 0 Å². The molecule has 0 aromatic heterocycles. The second-order valence-corrected chi connectivity index (χ2v) is 42.5. The van der Waals surface area contributed by atoms with E-state index in [9.17, 15) is 0 Å². The average molecular weight is 830 g/mol. The van der Waals surface area contributed by atoms with Gasteiger partial charge >= 0.3 is 249 Å². The Balaban J connectivity index is -0.0000000995. The monoisotopic (exact) mass is 838 g/mol. The fourth-order valence-corrected chi connectivity index (χ4v) is 18.3. The molecule has 0 aliphatic rings. The standard InChI is InChI=1S/4C6H15Ge.C2H6Ge2O/c4*1-4-7(5-2)6-3;1-3-5-4-2/h4*4-6H2,1-3H3;1-2H3. The molecule has 0 saturated heterocycles. The quantitative estimate of drug-likeness (QED) is 0.159. The van der Waals surface area contributed by atoms with E-state index < -0.39 is 57.4 Å². The van der Waals surface area contributed by atoms with E-state index in [0.717, 1.165) is 0 Å². The van der Waals surface area contributed by atoms with E-state index in [0.29, 0.717) is 0 Å². The van der Waals surface area contributed by atoms with Gasteiger partial charge in [-0.15, -0.1) is 0 Å². The van der Waals surface area contributed by atoms with Crippen LogP contribution < -0.4 is 0 Å². The topological polar surface area (TPSA) is 9.23 Å². The molecule has 1 nitrogen and oxygen atoms in total. The van der Waals surface area contributed by atoms with Crippen molar-refractivity contribution in [2.24, 2.45) is 0 Å². The molecular formula is C26H66Ge6O. The van der Waals surface area contributed by atoms with E-state index in [2.05, 4.69) is 94.6 Å². The first-order valence-electron chi connectivity index (χ1n) is 14.1. The normalized spacial score (nSPS) is 10.0. The number of rotatable bonds is 14. The van der Waals surface area contributed by atoms with E-state index in [1.54, 1.807) is 0 Å². The van der Waals surface area contributed by atoms with Crippen LogP contribution in [0.5, 0.6) is 0 Å². The molecule has 0 N–H and O–H groups in total. The molecule has 0 aromatic rings. The summed E-state index contributed by atoms with van der Waals surface area (Å²) in [4.78, 5) is 0. The van der Waals surface area contributed by atoms with Crippen LogP contribution in [0.2, 0.25) is 74.6 Å². The Kier molecular flexibility index (Phi) is 63.1. The van der Waals surface area contributed by atoms with Crippen molar-refractivity contribution in [3.8, 4) is 0 Å². The minimum absolute atomic E-state index is 0.0625. The Bertz CT molecular complexity index is 197. The summed E-state index contributed by atoms with van der Waals surface area (Å²) in [7, 11) is 0. The van der Waals surface area contributed by atoms with Crippen LogP contribution in [0.15, 0.2) is 0 Å². The molecule has 0 amide bonds. The summed E-state index contributed by atoms with van der Waals surface area (Å²) in [6, 6.07) is 0. The summed E-state index contributed by atoms with van der Waals surface area (Å²) in [6.45, 7) is 28.0. The van der Waals surface area contributed by atoms with Gasteiger partial charge in [0.15, 0.2) is 0 Å². The van der Waals surface area contributed by atoms with Gasteiger partial charge < -0.3 is 0 Å². The van der Waals surface area contributed by atoms with Crippen molar-refractivity contribution >= 4 is 88.9 Å². The van der Waals surface area contributed by atoms with E-state index in [1.807, 2.05) is 0 Å². The SMILES string of the molecule is C[CH2][Ge]([CH2]C)[CH2]C.C[CH2][Ge]([CH2]C)[CH2]C.C[CH2][Ge]([CH2]C)[CH2]C.C[CH2][Ge]([CH2]C)[CH2]C.[CH3][Ge][O][Ge][CH3]. The zero-order valence-electron chi connectivity index (χ0n) is 25.9. The van der Waals surface area contributed by atoms with Crippen molar-refractivity contribution in [1.82, 2.24) is 0 Å². The number of hydrogen-bond acceptors (Lipinski definition) is 1. The third-order valence-corrected chi connectivity index (χ3v) is 36.7. The molecule has 8 radical (unpaired) electrons. The molecule has 0 bridgehead atoms. The number of hydrogen-bond donors (Lipinski definition) is 0. The van der Waals surface area contributed by atoms with Gasteiger partial charge in [-0.1, -0.05) is 0 Å². The van der Waals surface area contributed by atoms with Crippen LogP contribution in [0.3, 0.4) is 0 Å². The van der Waals surface area contributed by atoms with Crippen LogP contribution in [0.25, 0.3) is 0 Å². The molecule has 0 heterocycles. The minimum atomic E-state index is -0.403. The van der Waals surface area contributed by atoms with Gasteiger partial charge in [-0.25, -0.2) is 0 Å². The zero-order valence-corrected chi connectivity index (χ0v) is 38.5. The Morgan fingerprint density at radius 2 is 0.455 bits per heavy atom. The van der Waals surface area contributed by atoms with Crippen molar-refractivity contribution < 1.29 is 2.79 Å². The Hall–Kier alpha value is 3.22. The van der Waals surface area contributed by atoms with Crippen LogP contribution in [-0.2, 0) is 2.79 Å². The van der Waals surface area contributed by atoms with Crippen LogP contribution in [-0.4, -0.2) is 88.9 Å². The van der Waals surface area contributed by atoms with Crippen molar-refractivity contribution in [2.45, 2.75) is 158 Å². The molecule has 0 unspecified atom stereocenters. The van der Waals surface area contributed by atoms with Gasteiger partial charge in [0.1, 0.15) is 0 Å². The zero-order chi connectivity index (χ0) is 26.9.